The fourth-order valence-corrected chi connectivity index (χ4v) is 2.23. The Balaban J connectivity index is 0. The second-order valence-electron chi connectivity index (χ2n) is 3.57. The van der Waals surface area contributed by atoms with E-state index in [-0.39, 0.29) is 18.9 Å². The third-order valence-corrected chi connectivity index (χ3v) is 4.23. The first-order chi connectivity index (χ1) is 7.50. The van der Waals surface area contributed by atoms with Crippen molar-refractivity contribution in [2.24, 2.45) is 0 Å². The molecule has 0 saturated carbocycles. The maximum atomic E-state index is 10.5. The van der Waals surface area contributed by atoms with E-state index in [4.69, 9.17) is 46.4 Å². The van der Waals surface area contributed by atoms with Gasteiger partial charge in [0.2, 0.25) is 0 Å². The number of alkyl halides is 4. The first-order valence-corrected chi connectivity index (χ1v) is 7.04. The van der Waals surface area contributed by atoms with Gasteiger partial charge in [0.05, 0.1) is 22.1 Å². The third kappa shape index (κ3) is 9.76. The molecule has 0 radical (unpaired) electrons. The first-order valence-electron chi connectivity index (χ1n) is 5.19. The van der Waals surface area contributed by atoms with E-state index in [0.717, 1.165) is 25.7 Å². The third-order valence-electron chi connectivity index (χ3n) is 2.21. The van der Waals surface area contributed by atoms with Gasteiger partial charge in [0.1, 0.15) is 0 Å². The standard InChI is InChI=1S/C10H16Cl4O2.Li/c11-6-4-2-1-3-5-7(12)8(13)9(14)10(15)16;/h7-9H,1-6H2,(H,15,16);/q;+1/p-1. The molecule has 2 nitrogen and oxygen atoms in total. The second kappa shape index (κ2) is 12.3. The monoisotopic (exact) mass is 314 g/mol. The minimum absolute atomic E-state index is 0. The Morgan fingerprint density at radius 2 is 1.59 bits per heavy atom. The van der Waals surface area contributed by atoms with Crippen molar-refractivity contribution < 1.29 is 28.8 Å². The molecule has 0 bridgehead atoms. The number of unbranched alkanes of at least 4 members (excludes halogenated alkanes) is 3. The van der Waals surface area contributed by atoms with Crippen LogP contribution in [0.3, 0.4) is 0 Å². The fourth-order valence-electron chi connectivity index (χ4n) is 1.26. The molecule has 0 aromatic heterocycles. The van der Waals surface area contributed by atoms with Crippen molar-refractivity contribution in [2.75, 3.05) is 5.88 Å². The molecule has 0 aliphatic heterocycles. The van der Waals surface area contributed by atoms with Gasteiger partial charge in [0.25, 0.3) is 0 Å². The average molecular weight is 316 g/mol. The topological polar surface area (TPSA) is 40.1 Å². The molecule has 0 aliphatic carbocycles. The number of carboxylic acids is 1. The van der Waals surface area contributed by atoms with Crippen molar-refractivity contribution >= 4 is 52.4 Å². The van der Waals surface area contributed by atoms with Crippen LogP contribution in [0.25, 0.3) is 0 Å². The van der Waals surface area contributed by atoms with E-state index < -0.39 is 22.1 Å². The summed E-state index contributed by atoms with van der Waals surface area (Å²) in [5.41, 5.74) is 0. The molecule has 0 aliphatic rings. The van der Waals surface area contributed by atoms with Crippen LogP contribution in [0.2, 0.25) is 0 Å². The number of halogens is 4. The van der Waals surface area contributed by atoms with Gasteiger partial charge in [-0.05, 0) is 12.8 Å². The summed E-state index contributed by atoms with van der Waals surface area (Å²) in [6.45, 7) is 0. The van der Waals surface area contributed by atoms with Crippen molar-refractivity contribution in [1.29, 1.82) is 0 Å². The molecule has 0 spiro atoms. The van der Waals surface area contributed by atoms with Crippen LogP contribution in [0.15, 0.2) is 0 Å². The molecule has 0 aromatic rings. The summed E-state index contributed by atoms with van der Waals surface area (Å²) in [5, 5.41) is 7.97. The molecular weight excluding hydrogens is 301 g/mol. The summed E-state index contributed by atoms with van der Waals surface area (Å²) in [7, 11) is 0. The Morgan fingerprint density at radius 1 is 1.06 bits per heavy atom. The molecule has 0 amide bonds. The van der Waals surface area contributed by atoms with Gasteiger partial charge in [0.15, 0.2) is 0 Å². The maximum Gasteiger partial charge on any atom is 1.00 e. The summed E-state index contributed by atoms with van der Waals surface area (Å²) < 4.78 is 0. The maximum absolute atomic E-state index is 10.5. The van der Waals surface area contributed by atoms with E-state index in [9.17, 15) is 9.90 Å². The van der Waals surface area contributed by atoms with Crippen LogP contribution in [0.5, 0.6) is 0 Å². The number of carbonyl (C=O) groups is 1. The molecule has 0 aromatic carbocycles. The second-order valence-corrected chi connectivity index (χ2v) is 5.49. The van der Waals surface area contributed by atoms with Gasteiger partial charge in [-0.3, -0.25) is 0 Å². The van der Waals surface area contributed by atoms with Crippen molar-refractivity contribution in [3.8, 4) is 0 Å². The predicted octanol–water partition coefficient (Wildman–Crippen LogP) is -0.248. The molecular formula is C10H15Cl4LiO2. The molecule has 3 atom stereocenters. The zero-order chi connectivity index (χ0) is 12.6. The number of hydrogen-bond donors (Lipinski definition) is 0. The van der Waals surface area contributed by atoms with Crippen LogP contribution in [0.4, 0.5) is 0 Å². The number of carbonyl (C=O) groups excluding carboxylic acids is 1. The number of hydrogen-bond acceptors (Lipinski definition) is 2. The molecule has 0 rings (SSSR count). The van der Waals surface area contributed by atoms with Gasteiger partial charge in [-0.15, -0.1) is 46.4 Å². The van der Waals surface area contributed by atoms with Gasteiger partial charge in [-0.2, -0.15) is 0 Å². The SMILES string of the molecule is O=C([O-])C(Cl)C(Cl)C(Cl)CCCCCCCl.[Li+]. The van der Waals surface area contributed by atoms with E-state index in [2.05, 4.69) is 0 Å². The Hall–Kier alpha value is 1.23. The van der Waals surface area contributed by atoms with E-state index in [0.29, 0.717) is 12.3 Å². The number of rotatable bonds is 9. The normalized spacial score (nSPS) is 15.8. The Kier molecular flexibility index (Phi) is 14.8. The van der Waals surface area contributed by atoms with Crippen molar-refractivity contribution in [2.45, 2.75) is 48.2 Å². The molecule has 0 N–H and O–H groups in total. The fraction of sp³-hybridized carbons (Fsp3) is 0.900. The summed E-state index contributed by atoms with van der Waals surface area (Å²) in [6.07, 6.45) is 4.58. The molecule has 0 heterocycles. The summed E-state index contributed by atoms with van der Waals surface area (Å²) in [4.78, 5) is 10.5. The average Bonchev–Trinajstić information content (AvgIpc) is 2.26. The van der Waals surface area contributed by atoms with Crippen molar-refractivity contribution in [1.82, 2.24) is 0 Å². The van der Waals surface area contributed by atoms with E-state index in [1.807, 2.05) is 0 Å². The molecule has 17 heavy (non-hydrogen) atoms. The Labute approximate surface area is 134 Å². The largest absolute Gasteiger partial charge is 1.00 e. The minimum atomic E-state index is -1.38. The molecule has 7 heteroatoms. The molecule has 96 valence electrons. The summed E-state index contributed by atoms with van der Waals surface area (Å²) in [6, 6.07) is 0. The van der Waals surface area contributed by atoms with Gasteiger partial charge in [0, 0.05) is 5.88 Å². The van der Waals surface area contributed by atoms with E-state index in [1.54, 1.807) is 0 Å². The number of carboxylic acid groups (broad SMARTS) is 1. The predicted molar refractivity (Wildman–Crippen MR) is 67.7 cm³/mol. The quantitative estimate of drug-likeness (QED) is 0.334. The van der Waals surface area contributed by atoms with Crippen LogP contribution >= 0.6 is 46.4 Å². The van der Waals surface area contributed by atoms with Gasteiger partial charge < -0.3 is 9.90 Å². The van der Waals surface area contributed by atoms with E-state index in [1.165, 1.54) is 0 Å². The van der Waals surface area contributed by atoms with Crippen molar-refractivity contribution in [3.63, 3.8) is 0 Å². The zero-order valence-corrected chi connectivity index (χ0v) is 12.8. The molecule has 3 unspecified atom stereocenters. The van der Waals surface area contributed by atoms with Crippen LogP contribution in [0.1, 0.15) is 32.1 Å². The first kappa shape index (κ1) is 20.5. The summed E-state index contributed by atoms with van der Waals surface area (Å²) in [5.74, 6) is -0.717. The van der Waals surface area contributed by atoms with Crippen LogP contribution < -0.4 is 24.0 Å². The van der Waals surface area contributed by atoms with Crippen LogP contribution in [-0.4, -0.2) is 28.0 Å². The van der Waals surface area contributed by atoms with Crippen LogP contribution in [-0.2, 0) is 4.79 Å². The zero-order valence-electron chi connectivity index (χ0n) is 9.80. The Bertz CT molecular complexity index is 207. The molecule has 0 fully saturated rings. The smallest absolute Gasteiger partial charge is 0.548 e. The summed E-state index contributed by atoms with van der Waals surface area (Å²) >= 11 is 22.8. The van der Waals surface area contributed by atoms with Crippen molar-refractivity contribution in [3.05, 3.63) is 0 Å². The van der Waals surface area contributed by atoms with E-state index >= 15 is 0 Å². The van der Waals surface area contributed by atoms with Gasteiger partial charge >= 0.3 is 18.9 Å². The number of aliphatic carboxylic acids is 1. The van der Waals surface area contributed by atoms with Gasteiger partial charge in [-0.1, -0.05) is 19.3 Å². The molecule has 0 saturated heterocycles. The minimum Gasteiger partial charge on any atom is -0.548 e. The Morgan fingerprint density at radius 3 is 2.06 bits per heavy atom. The van der Waals surface area contributed by atoms with Gasteiger partial charge in [-0.25, -0.2) is 0 Å². The van der Waals surface area contributed by atoms with Crippen LogP contribution in [0, 0.1) is 0 Å².